The first-order valence-corrected chi connectivity index (χ1v) is 45.9. The third-order valence-corrected chi connectivity index (χ3v) is 26.4. The van der Waals surface area contributed by atoms with Crippen molar-refractivity contribution in [3.63, 3.8) is 0 Å². The number of benzene rings is 8. The summed E-state index contributed by atoms with van der Waals surface area (Å²) < 4.78 is 14.5. The quantitative estimate of drug-likeness (QED) is 0.0658. The van der Waals surface area contributed by atoms with Gasteiger partial charge in [-0.05, 0) is 389 Å². The van der Waals surface area contributed by atoms with Crippen LogP contribution in [0.2, 0.25) is 0 Å². The van der Waals surface area contributed by atoms with Crippen molar-refractivity contribution in [1.82, 2.24) is 0 Å². The molecule has 11 heteroatoms. The van der Waals surface area contributed by atoms with Crippen LogP contribution < -0.4 is 4.74 Å². The minimum Gasteiger partial charge on any atom is -0.508 e. The SMILES string of the molecule is CC.CC.CC.CC.CC1CC2C3CCC(C3)C2C1.CC1CC2C3CCC(C3)C2C1.CC1CC2C3CCC(C3)C2C1.CC1CC2C3CCC(C3)C2C1.Cc1cc(C)c(O)c(C)c1.Cc1cc(Oc2ccccc2)cc(C)c1O.O=BP.Oc1ccccc1.Oc1ccccc1.Oc1ccccc1.Oc1ccccc1.Oc1ccccc1. The van der Waals surface area contributed by atoms with Gasteiger partial charge < -0.3 is 40.5 Å². The molecule has 0 saturated heterocycles. The van der Waals surface area contributed by atoms with Gasteiger partial charge >= 0.3 is 20.7 Å². The maximum Gasteiger partial charge on any atom is 0.115 e. The van der Waals surface area contributed by atoms with Crippen LogP contribution in [0.25, 0.3) is 0 Å². The monoisotopic (exact) mass is 1600 g/mol. The zero-order valence-corrected chi connectivity index (χ0v) is 75.6. The normalized spacial score (nSPS) is 28.0. The van der Waals surface area contributed by atoms with Gasteiger partial charge in [0.25, 0.3) is 0 Å². The van der Waals surface area contributed by atoms with Gasteiger partial charge in [0.05, 0.1) is 0 Å². The van der Waals surface area contributed by atoms with Gasteiger partial charge in [-0.2, -0.15) is 0 Å². The fourth-order valence-electron chi connectivity index (χ4n) is 22.1. The van der Waals surface area contributed by atoms with Crippen molar-refractivity contribution in [2.75, 3.05) is 0 Å². The molecule has 12 saturated carbocycles. The van der Waals surface area contributed by atoms with E-state index < -0.39 is 0 Å². The summed E-state index contributed by atoms with van der Waals surface area (Å²) in [6, 6.07) is 60.8. The van der Waals surface area contributed by atoms with E-state index in [0.717, 1.165) is 57.4 Å². The zero-order chi connectivity index (χ0) is 85.2. The summed E-state index contributed by atoms with van der Waals surface area (Å²) in [4.78, 5) is 0. The van der Waals surface area contributed by atoms with Crippen LogP contribution in [0.4, 0.5) is 0 Å². The van der Waals surface area contributed by atoms with Gasteiger partial charge in [-0.1, -0.05) is 210 Å². The molecule has 12 fully saturated rings. The number of rotatable bonds is 2. The topological polar surface area (TPSA) is 168 Å². The summed E-state index contributed by atoms with van der Waals surface area (Å²) in [5.41, 5.74) is 4.76. The number of ether oxygens (including phenoxy) is 1. The molecule has 0 radical (unpaired) electrons. The third kappa shape index (κ3) is 32.0. The van der Waals surface area contributed by atoms with Crippen molar-refractivity contribution >= 4 is 16.0 Å². The van der Waals surface area contributed by atoms with Crippen molar-refractivity contribution in [2.24, 2.45) is 118 Å². The van der Waals surface area contributed by atoms with Gasteiger partial charge in [-0.3, -0.25) is 0 Å². The second-order valence-corrected chi connectivity index (χ2v) is 34.6. The average Bonchev–Trinajstić information content (AvgIpc) is 1.63. The zero-order valence-electron chi connectivity index (χ0n) is 74.4. The molecule has 12 aliphatic rings. The molecule has 636 valence electrons. The fraction of sp³-hybridized carbons (Fsp3) is 0.543. The molecule has 12 aliphatic carbocycles. The van der Waals surface area contributed by atoms with E-state index in [-0.39, 0.29) is 0 Å². The molecule has 8 bridgehead atoms. The molecular weight excluding hydrogens is 1450 g/mol. The Morgan fingerprint density at radius 3 is 0.595 bits per heavy atom. The summed E-state index contributed by atoms with van der Waals surface area (Å²) in [5, 5.41) is 62.1. The summed E-state index contributed by atoms with van der Waals surface area (Å²) in [6.07, 6.45) is 31.7. The Balaban J connectivity index is 0.000000227. The Bertz CT molecular complexity index is 3370. The molecular formula is C105H154BO9P. The molecule has 0 spiro atoms. The summed E-state index contributed by atoms with van der Waals surface area (Å²) in [5.74, 6) is 27.0. The first-order chi connectivity index (χ1) is 56.0. The maximum absolute atomic E-state index is 9.64. The van der Waals surface area contributed by atoms with Crippen LogP contribution in [0, 0.1) is 153 Å². The predicted molar refractivity (Wildman–Crippen MR) is 493 cm³/mol. The van der Waals surface area contributed by atoms with E-state index in [4.69, 9.17) is 35.0 Å². The van der Waals surface area contributed by atoms with Crippen LogP contribution in [-0.2, 0) is 4.70 Å². The number of hydrogen-bond acceptors (Lipinski definition) is 9. The standard InChI is InChI=1S/C14H14O2.4C11H18.C9H12O.5C6H6O.4C2H6.BH2OP/c1-10-8-13(9-11(2)14(10)15)16-12-6-4-3-5-7-12;4*1-7-4-10-8-2-3-9(6-8)11(10)5-7;1-6-4-7(2)9(10)8(3)5-6;5*7-6-4-2-1-3-5-6;4*1-2;2-1-3/h3-9,15H,1-2H3;4*7-11H,2-6H2,1H3;4-5,10H,1-3H3;5*1-5,7H;4*1-2H3;3H2. The summed E-state index contributed by atoms with van der Waals surface area (Å²) >= 11 is 0. The first kappa shape index (κ1) is 99.0. The number of fused-ring (bicyclic) bond motifs is 20. The Hall–Kier alpha value is -7.55. The molecule has 20 rings (SSSR count). The van der Waals surface area contributed by atoms with Crippen LogP contribution in [0.1, 0.15) is 239 Å². The van der Waals surface area contributed by atoms with Crippen LogP contribution in [0.5, 0.6) is 51.7 Å². The Kier molecular flexibility index (Phi) is 45.9. The second kappa shape index (κ2) is 53.8. The number of para-hydroxylation sites is 6. The van der Waals surface area contributed by atoms with Crippen LogP contribution in [0.3, 0.4) is 0 Å². The van der Waals surface area contributed by atoms with E-state index in [1.54, 1.807) is 250 Å². The number of hydrogen-bond donors (Lipinski definition) is 7. The molecule has 116 heavy (non-hydrogen) atoms. The Morgan fingerprint density at radius 1 is 0.267 bits per heavy atom. The number of phenolic OH excluding ortho intramolecular Hbond substituents is 7. The van der Waals surface area contributed by atoms with Crippen LogP contribution in [0.15, 0.2) is 206 Å². The molecule has 0 aliphatic heterocycles. The summed E-state index contributed by atoms with van der Waals surface area (Å²) in [7, 11) is 1.90. The van der Waals surface area contributed by atoms with Gasteiger partial charge in [0.2, 0.25) is 0 Å². The number of phenols is 7. The molecule has 8 aromatic rings. The van der Waals surface area contributed by atoms with Crippen molar-refractivity contribution in [1.29, 1.82) is 0 Å². The van der Waals surface area contributed by atoms with E-state index >= 15 is 0 Å². The average molecular weight is 1600 g/mol. The molecule has 8 aromatic carbocycles. The fourth-order valence-corrected chi connectivity index (χ4v) is 22.1. The van der Waals surface area contributed by atoms with Gasteiger partial charge in [0.15, 0.2) is 0 Å². The van der Waals surface area contributed by atoms with E-state index in [1.165, 1.54) is 100 Å². The molecule has 0 aromatic heterocycles. The number of aromatic hydroxyl groups is 7. The van der Waals surface area contributed by atoms with Crippen LogP contribution >= 0.6 is 9.12 Å². The Morgan fingerprint density at radius 2 is 0.431 bits per heavy atom. The molecule has 9 nitrogen and oxygen atoms in total. The van der Waals surface area contributed by atoms with Gasteiger partial charge in [-0.25, -0.2) is 0 Å². The minimum atomic E-state index is 0.322. The minimum absolute atomic E-state index is 0.322. The second-order valence-electron chi connectivity index (χ2n) is 34.3. The third-order valence-electron chi connectivity index (χ3n) is 26.4. The van der Waals surface area contributed by atoms with E-state index in [2.05, 4.69) is 27.7 Å². The van der Waals surface area contributed by atoms with Gasteiger partial charge in [0.1, 0.15) is 51.7 Å². The molecule has 7 N–H and O–H groups in total. The van der Waals surface area contributed by atoms with E-state index in [9.17, 15) is 10.2 Å². The van der Waals surface area contributed by atoms with Crippen molar-refractivity contribution < 1.29 is 45.2 Å². The van der Waals surface area contributed by atoms with E-state index in [0.29, 0.717) is 47.1 Å². The first-order valence-electron chi connectivity index (χ1n) is 45.2. The molecule has 17 unspecified atom stereocenters. The molecule has 0 heterocycles. The largest absolute Gasteiger partial charge is 0.508 e. The Labute approximate surface area is 707 Å². The van der Waals surface area contributed by atoms with Crippen molar-refractivity contribution in [3.8, 4) is 51.7 Å². The summed E-state index contributed by atoms with van der Waals surface area (Å²) in [6.45, 7) is 36.1. The van der Waals surface area contributed by atoms with Crippen LogP contribution in [-0.4, -0.2) is 42.6 Å². The van der Waals surface area contributed by atoms with Crippen molar-refractivity contribution in [3.05, 3.63) is 234 Å². The van der Waals surface area contributed by atoms with Crippen molar-refractivity contribution in [2.45, 2.75) is 246 Å². The van der Waals surface area contributed by atoms with Gasteiger partial charge in [-0.15, -0.1) is 0 Å². The van der Waals surface area contributed by atoms with E-state index in [1.807, 2.05) is 184 Å². The predicted octanol–water partition coefficient (Wildman–Crippen LogP) is 29.3. The smallest absolute Gasteiger partial charge is 0.115 e. The van der Waals surface area contributed by atoms with Gasteiger partial charge in [0, 0.05) is 0 Å². The maximum atomic E-state index is 9.64. The molecule has 17 atom stereocenters. The number of aryl methyl sites for hydroxylation is 5. The molecule has 0 amide bonds.